The predicted molar refractivity (Wildman–Crippen MR) is 180 cm³/mol. The minimum absolute atomic E-state index is 0.200. The quantitative estimate of drug-likeness (QED) is 0.0868. The third-order valence-electron chi connectivity index (χ3n) is 8.71. The monoisotopic (exact) mass is 628 g/mol. The van der Waals surface area contributed by atoms with Gasteiger partial charge in [0.15, 0.2) is 20.0 Å². The lowest BCUT2D eigenvalue weighted by atomic mass is 10.0. The Morgan fingerprint density at radius 2 is 1.22 bits per heavy atom. The van der Waals surface area contributed by atoms with E-state index in [1.54, 1.807) is 72.4 Å². The molecule has 0 aliphatic carbocycles. The zero-order valence-electron chi connectivity index (χ0n) is 27.9. The molecule has 7 aromatic rings. The van der Waals surface area contributed by atoms with Crippen molar-refractivity contribution in [2.75, 3.05) is 0 Å². The van der Waals surface area contributed by atoms with E-state index in [-0.39, 0.29) is 5.56 Å². The Bertz CT molecular complexity index is 2320. The lowest BCUT2D eigenvalue weighted by Crippen LogP contribution is -2.75. The second-order valence-electron chi connectivity index (χ2n) is 11.4. The number of halogens is 3. The van der Waals surface area contributed by atoms with Crippen LogP contribution in [0.15, 0.2) is 120 Å². The Balaban J connectivity index is 1.66. The van der Waals surface area contributed by atoms with E-state index >= 15 is 0 Å². The molecule has 0 amide bonds. The average Bonchev–Trinajstić information content (AvgIpc) is 3.45. The number of benzene rings is 5. The van der Waals surface area contributed by atoms with E-state index < -0.39 is 32.4 Å². The van der Waals surface area contributed by atoms with E-state index in [1.165, 1.54) is 36.4 Å². The highest BCUT2D eigenvalue weighted by atomic mass is 28.3. The number of fused-ring (bicyclic) bond motifs is 3. The number of nitrogens with zero attached hydrogens (tertiary/aromatic N) is 2. The maximum Gasteiger partial charge on any atom is 0.216 e. The number of aryl methyl sites for hydroxylation is 3. The standard InChI is InChI=1S/C39H28F3N2OSi/c1-24-5-22-35(44(4)23-24)36-25(2)6-19-32-33-20-21-34(43-3)39(38(33)45-37(32)36)46(29-13-7-26(40)8-14-29,30-15-9-27(41)10-16-30)31-17-11-28(42)12-18-31/h5-23H,1-2,4H3/q+1/i1D3. The minimum Gasteiger partial charge on any atom is -0.457 e. The molecule has 0 unspecified atom stereocenters. The largest absolute Gasteiger partial charge is 0.457 e. The second-order valence-corrected chi connectivity index (χ2v) is 15.1. The van der Waals surface area contributed by atoms with Gasteiger partial charge >= 0.3 is 0 Å². The van der Waals surface area contributed by atoms with Crippen LogP contribution in [-0.4, -0.2) is 8.07 Å². The lowest BCUT2D eigenvalue weighted by molar-refractivity contribution is -0.660. The van der Waals surface area contributed by atoms with Crippen molar-refractivity contribution in [2.24, 2.45) is 7.05 Å². The average molecular weight is 629 g/mol. The van der Waals surface area contributed by atoms with Crippen LogP contribution >= 0.6 is 0 Å². The molecule has 3 nitrogen and oxygen atoms in total. The minimum atomic E-state index is -3.69. The first kappa shape index (κ1) is 25.8. The Labute approximate surface area is 269 Å². The molecule has 224 valence electrons. The molecule has 46 heavy (non-hydrogen) atoms. The van der Waals surface area contributed by atoms with E-state index in [0.717, 1.165) is 27.6 Å². The summed E-state index contributed by atoms with van der Waals surface area (Å²) in [4.78, 5) is 3.98. The van der Waals surface area contributed by atoms with Crippen molar-refractivity contribution >= 4 is 56.4 Å². The Morgan fingerprint density at radius 3 is 1.72 bits per heavy atom. The van der Waals surface area contributed by atoms with Gasteiger partial charge < -0.3 is 4.42 Å². The molecule has 0 N–H and O–H groups in total. The van der Waals surface area contributed by atoms with Gasteiger partial charge in [0.1, 0.15) is 35.7 Å². The summed E-state index contributed by atoms with van der Waals surface area (Å²) in [5, 5.41) is 4.12. The van der Waals surface area contributed by atoms with Crippen molar-refractivity contribution in [3.05, 3.63) is 155 Å². The van der Waals surface area contributed by atoms with Gasteiger partial charge in [0.25, 0.3) is 0 Å². The second kappa shape index (κ2) is 11.2. The fourth-order valence-electron chi connectivity index (χ4n) is 6.67. The van der Waals surface area contributed by atoms with Gasteiger partial charge in [-0.2, -0.15) is 0 Å². The smallest absolute Gasteiger partial charge is 0.216 e. The summed E-state index contributed by atoms with van der Waals surface area (Å²) in [6.45, 7) is 8.01. The van der Waals surface area contributed by atoms with E-state index in [1.807, 2.05) is 25.1 Å². The lowest BCUT2D eigenvalue weighted by Gasteiger charge is -2.35. The molecule has 0 aliphatic heterocycles. The summed E-state index contributed by atoms with van der Waals surface area (Å²) in [5.41, 5.74) is 3.82. The van der Waals surface area contributed by atoms with Crippen LogP contribution in [0.5, 0.6) is 0 Å². The molecule has 0 aliphatic rings. The normalized spacial score (nSPS) is 12.9. The molecular weight excluding hydrogens is 598 g/mol. The van der Waals surface area contributed by atoms with Crippen LogP contribution in [0, 0.1) is 37.8 Å². The Kier molecular flexibility index (Phi) is 6.27. The zero-order valence-corrected chi connectivity index (χ0v) is 25.9. The van der Waals surface area contributed by atoms with Crippen LogP contribution < -0.4 is 25.3 Å². The fourth-order valence-corrected chi connectivity index (χ4v) is 11.6. The van der Waals surface area contributed by atoms with Gasteiger partial charge in [-0.25, -0.2) is 22.6 Å². The van der Waals surface area contributed by atoms with Crippen LogP contribution in [0.3, 0.4) is 0 Å². The van der Waals surface area contributed by atoms with Crippen molar-refractivity contribution in [1.82, 2.24) is 0 Å². The topological polar surface area (TPSA) is 21.4 Å². The van der Waals surface area contributed by atoms with E-state index in [9.17, 15) is 13.2 Å². The third-order valence-corrected chi connectivity index (χ3v) is 13.5. The highest BCUT2D eigenvalue weighted by molar-refractivity contribution is 7.21. The van der Waals surface area contributed by atoms with Crippen LogP contribution in [0.25, 0.3) is 38.0 Å². The van der Waals surface area contributed by atoms with Gasteiger partial charge in [0, 0.05) is 31.7 Å². The molecule has 0 fully saturated rings. The van der Waals surface area contributed by atoms with Crippen LogP contribution in [0.1, 0.15) is 15.2 Å². The van der Waals surface area contributed by atoms with Crippen LogP contribution in [-0.2, 0) is 7.05 Å². The molecule has 7 heteroatoms. The summed E-state index contributed by atoms with van der Waals surface area (Å²) >= 11 is 0. The van der Waals surface area contributed by atoms with E-state index in [4.69, 9.17) is 15.1 Å². The van der Waals surface area contributed by atoms with Gasteiger partial charge in [-0.05, 0) is 77.4 Å². The number of hydrogen-bond acceptors (Lipinski definition) is 1. The van der Waals surface area contributed by atoms with E-state index in [0.29, 0.717) is 37.6 Å². The summed E-state index contributed by atoms with van der Waals surface area (Å²) in [5.74, 6) is -1.35. The van der Waals surface area contributed by atoms with Crippen molar-refractivity contribution in [3.8, 4) is 11.3 Å². The molecule has 0 spiro atoms. The molecule has 0 radical (unpaired) electrons. The fraction of sp³-hybridized carbons (Fsp3) is 0.0769. The van der Waals surface area contributed by atoms with Gasteiger partial charge in [-0.1, -0.05) is 60.7 Å². The maximum absolute atomic E-state index is 14.5. The summed E-state index contributed by atoms with van der Waals surface area (Å²) in [6.07, 6.45) is 1.58. The third kappa shape index (κ3) is 4.53. The van der Waals surface area contributed by atoms with Crippen molar-refractivity contribution in [2.45, 2.75) is 13.8 Å². The zero-order chi connectivity index (χ0) is 34.7. The molecule has 5 aromatic carbocycles. The predicted octanol–water partition coefficient (Wildman–Crippen LogP) is 7.04. The Hall–Kier alpha value is -5.45. The molecule has 7 rings (SSSR count). The molecule has 0 bridgehead atoms. The number of furan rings is 1. The van der Waals surface area contributed by atoms with E-state index in [2.05, 4.69) is 4.85 Å². The maximum atomic E-state index is 14.5. The first-order valence-electron chi connectivity index (χ1n) is 16.1. The summed E-state index contributed by atoms with van der Waals surface area (Å²) in [7, 11) is -1.91. The first-order valence-corrected chi connectivity index (χ1v) is 16.6. The van der Waals surface area contributed by atoms with Crippen molar-refractivity contribution in [1.29, 1.82) is 0 Å². The Morgan fingerprint density at radius 1 is 0.696 bits per heavy atom. The highest BCUT2D eigenvalue weighted by Crippen LogP contribution is 2.38. The van der Waals surface area contributed by atoms with Crippen molar-refractivity contribution in [3.63, 3.8) is 0 Å². The van der Waals surface area contributed by atoms with Gasteiger partial charge in [0.2, 0.25) is 5.69 Å². The van der Waals surface area contributed by atoms with Crippen LogP contribution in [0.4, 0.5) is 18.9 Å². The summed E-state index contributed by atoms with van der Waals surface area (Å²) < 4.78 is 75.9. The molecule has 0 atom stereocenters. The van der Waals surface area contributed by atoms with Crippen LogP contribution in [0.2, 0.25) is 0 Å². The molecular formula is C39H28F3N2OSi+. The SMILES string of the molecule is [2H]C([2H])([2H])c1ccc(-c2c(C)ccc3c2oc2c([Si](c4ccc(F)cc4)(c4ccc(F)cc4)c4ccc(F)cc4)c([N+]#[C-])ccc23)[n+](C)c1. The van der Waals surface area contributed by atoms with Gasteiger partial charge in [0.05, 0.1) is 12.1 Å². The van der Waals surface area contributed by atoms with Gasteiger partial charge in [-0.15, -0.1) is 0 Å². The highest BCUT2D eigenvalue weighted by Gasteiger charge is 2.45. The molecule has 0 saturated carbocycles. The van der Waals surface area contributed by atoms with Crippen molar-refractivity contribution < 1.29 is 26.3 Å². The number of pyridine rings is 1. The number of aromatic nitrogens is 1. The first-order chi connectivity index (χ1) is 23.4. The molecule has 2 heterocycles. The molecule has 2 aromatic heterocycles. The summed E-state index contributed by atoms with van der Waals surface area (Å²) in [6, 6.07) is 29.0. The number of rotatable bonds is 5. The molecule has 0 saturated heterocycles. The van der Waals surface area contributed by atoms with Gasteiger partial charge in [-0.3, -0.25) is 0 Å². The number of hydrogen-bond donors (Lipinski definition) is 0.